The van der Waals surface area contributed by atoms with Crippen molar-refractivity contribution in [3.63, 3.8) is 0 Å². The lowest BCUT2D eigenvalue weighted by molar-refractivity contribution is 0.0606. The summed E-state index contributed by atoms with van der Waals surface area (Å²) in [5.41, 5.74) is 0.943. The molecule has 1 aromatic heterocycles. The van der Waals surface area contributed by atoms with Crippen LogP contribution in [-0.2, 0) is 11.2 Å². The topological polar surface area (TPSA) is 55.4 Å². The minimum atomic E-state index is -0.453. The summed E-state index contributed by atoms with van der Waals surface area (Å²) in [4.78, 5) is 24.0. The first-order chi connectivity index (χ1) is 10.1. The Hall–Kier alpha value is -2.21. The van der Waals surface area contributed by atoms with Crippen molar-refractivity contribution in [2.45, 2.75) is 6.42 Å². The van der Waals surface area contributed by atoms with E-state index in [4.69, 9.17) is 0 Å². The fourth-order valence-corrected chi connectivity index (χ4v) is 2.57. The van der Waals surface area contributed by atoms with Gasteiger partial charge in [-0.3, -0.25) is 4.79 Å². The Morgan fingerprint density at radius 3 is 2.48 bits per heavy atom. The molecular weight excluding hydrogens is 293 g/mol. The Morgan fingerprint density at radius 2 is 1.81 bits per heavy atom. The van der Waals surface area contributed by atoms with Gasteiger partial charge in [-0.1, -0.05) is 12.1 Å². The molecule has 110 valence electrons. The fraction of sp³-hybridized carbons (Fsp3) is 0.200. The van der Waals surface area contributed by atoms with Gasteiger partial charge in [-0.05, 0) is 36.2 Å². The highest BCUT2D eigenvalue weighted by molar-refractivity contribution is 7.15. The van der Waals surface area contributed by atoms with Crippen molar-refractivity contribution in [2.24, 2.45) is 0 Å². The van der Waals surface area contributed by atoms with Gasteiger partial charge in [0.1, 0.15) is 10.7 Å². The molecule has 0 saturated heterocycles. The van der Waals surface area contributed by atoms with E-state index in [2.05, 4.69) is 10.1 Å². The first-order valence-electron chi connectivity index (χ1n) is 6.31. The summed E-state index contributed by atoms with van der Waals surface area (Å²) in [5, 5.41) is 2.76. The van der Waals surface area contributed by atoms with Crippen molar-refractivity contribution in [2.75, 3.05) is 13.7 Å². The molecule has 1 heterocycles. The quantitative estimate of drug-likeness (QED) is 0.864. The molecule has 0 spiro atoms. The van der Waals surface area contributed by atoms with Crippen LogP contribution >= 0.6 is 11.3 Å². The van der Waals surface area contributed by atoms with Crippen LogP contribution in [-0.4, -0.2) is 25.5 Å². The van der Waals surface area contributed by atoms with Gasteiger partial charge >= 0.3 is 5.97 Å². The molecule has 0 aliphatic heterocycles. The van der Waals surface area contributed by atoms with Crippen molar-refractivity contribution < 1.29 is 18.7 Å². The standard InChI is InChI=1S/C15H14FNO3S/c1-20-15(19)13-7-6-12(21-13)14(18)17-9-8-10-2-4-11(16)5-3-10/h2-7H,8-9H2,1H3,(H,17,18). The van der Waals surface area contributed by atoms with Crippen molar-refractivity contribution in [1.82, 2.24) is 5.32 Å². The Kier molecular flexibility index (Phi) is 5.05. The molecule has 1 aromatic carbocycles. The molecule has 0 aliphatic rings. The third-order valence-electron chi connectivity index (χ3n) is 2.83. The number of methoxy groups -OCH3 is 1. The maximum Gasteiger partial charge on any atom is 0.348 e. The molecule has 0 unspecified atom stereocenters. The molecule has 0 radical (unpaired) electrons. The van der Waals surface area contributed by atoms with Crippen molar-refractivity contribution in [3.8, 4) is 0 Å². The molecule has 1 N–H and O–H groups in total. The Labute approximate surface area is 125 Å². The van der Waals surface area contributed by atoms with E-state index in [-0.39, 0.29) is 11.7 Å². The Bertz CT molecular complexity index is 637. The molecule has 4 nitrogen and oxygen atoms in total. The average molecular weight is 307 g/mol. The first-order valence-corrected chi connectivity index (χ1v) is 7.12. The SMILES string of the molecule is COC(=O)c1ccc(C(=O)NCCc2ccc(F)cc2)s1. The number of amides is 1. The first kappa shape index (κ1) is 15.2. The summed E-state index contributed by atoms with van der Waals surface area (Å²) >= 11 is 1.09. The number of rotatable bonds is 5. The third kappa shape index (κ3) is 4.13. The third-order valence-corrected chi connectivity index (χ3v) is 3.89. The highest BCUT2D eigenvalue weighted by Gasteiger charge is 2.13. The van der Waals surface area contributed by atoms with E-state index < -0.39 is 5.97 Å². The molecule has 0 aliphatic carbocycles. The number of thiophene rings is 1. The van der Waals surface area contributed by atoms with Crippen LogP contribution in [0, 0.1) is 5.82 Å². The molecule has 0 saturated carbocycles. The number of hydrogen-bond acceptors (Lipinski definition) is 4. The Morgan fingerprint density at radius 1 is 1.14 bits per heavy atom. The van der Waals surface area contributed by atoms with Crippen molar-refractivity contribution >= 4 is 23.2 Å². The van der Waals surface area contributed by atoms with Gasteiger partial charge in [0.05, 0.1) is 12.0 Å². The zero-order valence-corrected chi connectivity index (χ0v) is 12.2. The van der Waals surface area contributed by atoms with Gasteiger partial charge in [0.25, 0.3) is 5.91 Å². The second-order valence-corrected chi connectivity index (χ2v) is 5.37. The second-order valence-electron chi connectivity index (χ2n) is 4.29. The lowest BCUT2D eigenvalue weighted by Gasteiger charge is -2.03. The maximum absolute atomic E-state index is 12.7. The number of hydrogen-bond donors (Lipinski definition) is 1. The van der Waals surface area contributed by atoms with Gasteiger partial charge < -0.3 is 10.1 Å². The van der Waals surface area contributed by atoms with Crippen LogP contribution in [0.4, 0.5) is 4.39 Å². The fourth-order valence-electron chi connectivity index (χ4n) is 1.73. The predicted octanol–water partition coefficient (Wildman–Crippen LogP) is 2.65. The summed E-state index contributed by atoms with van der Waals surface area (Å²) in [6, 6.07) is 9.29. The lowest BCUT2D eigenvalue weighted by Crippen LogP contribution is -2.24. The number of benzene rings is 1. The van der Waals surface area contributed by atoms with Crippen LogP contribution in [0.2, 0.25) is 0 Å². The van der Waals surface area contributed by atoms with Gasteiger partial charge in [0, 0.05) is 6.54 Å². The number of carbonyl (C=O) groups excluding carboxylic acids is 2. The van der Waals surface area contributed by atoms with Crippen LogP contribution in [0.15, 0.2) is 36.4 Å². The molecule has 0 fully saturated rings. The van der Waals surface area contributed by atoms with Gasteiger partial charge in [0.2, 0.25) is 0 Å². The summed E-state index contributed by atoms with van der Waals surface area (Å²) in [6.45, 7) is 0.440. The van der Waals surface area contributed by atoms with Gasteiger partial charge in [-0.15, -0.1) is 11.3 Å². The highest BCUT2D eigenvalue weighted by atomic mass is 32.1. The van der Waals surface area contributed by atoms with Crippen molar-refractivity contribution in [3.05, 3.63) is 57.5 Å². The summed E-state index contributed by atoms with van der Waals surface area (Å²) < 4.78 is 17.3. The van der Waals surface area contributed by atoms with E-state index in [1.54, 1.807) is 24.3 Å². The van der Waals surface area contributed by atoms with Crippen LogP contribution in [0.3, 0.4) is 0 Å². The van der Waals surface area contributed by atoms with Gasteiger partial charge in [0.15, 0.2) is 0 Å². The molecule has 2 rings (SSSR count). The van der Waals surface area contributed by atoms with E-state index in [9.17, 15) is 14.0 Å². The van der Waals surface area contributed by atoms with Crippen LogP contribution in [0.1, 0.15) is 24.9 Å². The largest absolute Gasteiger partial charge is 0.465 e. The molecular formula is C15H14FNO3S. The second kappa shape index (κ2) is 6.99. The van der Waals surface area contributed by atoms with Gasteiger partial charge in [-0.25, -0.2) is 9.18 Å². The Balaban J connectivity index is 1.85. The van der Waals surface area contributed by atoms with Crippen LogP contribution in [0.25, 0.3) is 0 Å². The highest BCUT2D eigenvalue weighted by Crippen LogP contribution is 2.17. The minimum absolute atomic E-state index is 0.239. The van der Waals surface area contributed by atoms with E-state index in [1.807, 2.05) is 0 Å². The van der Waals surface area contributed by atoms with E-state index >= 15 is 0 Å². The molecule has 21 heavy (non-hydrogen) atoms. The monoisotopic (exact) mass is 307 g/mol. The van der Waals surface area contributed by atoms with Gasteiger partial charge in [-0.2, -0.15) is 0 Å². The van der Waals surface area contributed by atoms with E-state index in [1.165, 1.54) is 19.2 Å². The maximum atomic E-state index is 12.7. The number of esters is 1. The molecule has 1 amide bonds. The lowest BCUT2D eigenvalue weighted by atomic mass is 10.1. The number of carbonyl (C=O) groups is 2. The van der Waals surface area contributed by atoms with Crippen LogP contribution in [0.5, 0.6) is 0 Å². The predicted molar refractivity (Wildman–Crippen MR) is 78.1 cm³/mol. The molecule has 6 heteroatoms. The van der Waals surface area contributed by atoms with E-state index in [0.717, 1.165) is 16.9 Å². The number of nitrogens with one attached hydrogen (secondary N) is 1. The summed E-state index contributed by atoms with van der Waals surface area (Å²) in [6.07, 6.45) is 0.612. The number of halogens is 1. The van der Waals surface area contributed by atoms with Crippen LogP contribution < -0.4 is 5.32 Å². The summed E-state index contributed by atoms with van der Waals surface area (Å²) in [5.74, 6) is -0.973. The molecule has 0 atom stereocenters. The smallest absolute Gasteiger partial charge is 0.348 e. The average Bonchev–Trinajstić information content (AvgIpc) is 2.98. The molecule has 2 aromatic rings. The molecule has 0 bridgehead atoms. The zero-order chi connectivity index (χ0) is 15.2. The minimum Gasteiger partial charge on any atom is -0.465 e. The van der Waals surface area contributed by atoms with Crippen molar-refractivity contribution in [1.29, 1.82) is 0 Å². The number of ether oxygens (including phenoxy) is 1. The normalized spacial score (nSPS) is 10.2. The van der Waals surface area contributed by atoms with E-state index in [0.29, 0.717) is 22.7 Å². The zero-order valence-electron chi connectivity index (χ0n) is 11.4. The summed E-state index contributed by atoms with van der Waals surface area (Å²) in [7, 11) is 1.30.